The van der Waals surface area contributed by atoms with Crippen LogP contribution >= 0.6 is 0 Å². The van der Waals surface area contributed by atoms with Crippen LogP contribution in [0.15, 0.2) is 18.7 Å². The van der Waals surface area contributed by atoms with Gasteiger partial charge in [-0.25, -0.2) is 9.97 Å². The lowest BCUT2D eigenvalue weighted by Crippen LogP contribution is -2.33. The second kappa shape index (κ2) is 4.15. The number of aromatic amines is 2. The third kappa shape index (κ3) is 2.09. The Kier molecular flexibility index (Phi) is 2.69. The van der Waals surface area contributed by atoms with E-state index < -0.39 is 6.04 Å². The highest BCUT2D eigenvalue weighted by Crippen LogP contribution is 2.04. The van der Waals surface area contributed by atoms with Gasteiger partial charge in [0.2, 0.25) is 5.78 Å². The molecule has 0 aromatic carbocycles. The second-order valence-electron chi connectivity index (χ2n) is 3.44. The van der Waals surface area contributed by atoms with E-state index in [1.807, 2.05) is 0 Å². The summed E-state index contributed by atoms with van der Waals surface area (Å²) >= 11 is 0. The standard InChI is InChI=1S/C9H12N6O/c10-6(1-5-2-12-4-14-5)8(16)9-13-3-7(11)15-9/h2-4,6H,1,10-11H2,(H,12,14)(H,13,15)/t6-/m0/s1. The van der Waals surface area contributed by atoms with Crippen LogP contribution in [0.4, 0.5) is 5.82 Å². The van der Waals surface area contributed by atoms with Gasteiger partial charge in [0.05, 0.1) is 18.6 Å². The number of nitrogens with two attached hydrogens (primary N) is 2. The number of nitrogens with one attached hydrogen (secondary N) is 2. The second-order valence-corrected chi connectivity index (χ2v) is 3.44. The number of H-pyrrole nitrogens is 2. The topological polar surface area (TPSA) is 126 Å². The van der Waals surface area contributed by atoms with E-state index in [9.17, 15) is 4.79 Å². The Morgan fingerprint density at radius 1 is 1.50 bits per heavy atom. The fraction of sp³-hybridized carbons (Fsp3) is 0.222. The van der Waals surface area contributed by atoms with Crippen molar-refractivity contribution in [2.45, 2.75) is 12.5 Å². The van der Waals surface area contributed by atoms with Gasteiger partial charge >= 0.3 is 0 Å². The quantitative estimate of drug-likeness (QED) is 0.515. The van der Waals surface area contributed by atoms with Crippen molar-refractivity contribution < 1.29 is 4.79 Å². The molecule has 84 valence electrons. The molecule has 2 heterocycles. The first kappa shape index (κ1) is 10.4. The van der Waals surface area contributed by atoms with Crippen LogP contribution in [0.2, 0.25) is 0 Å². The van der Waals surface area contributed by atoms with E-state index in [1.54, 1.807) is 6.20 Å². The zero-order valence-corrected chi connectivity index (χ0v) is 8.47. The number of nitrogens with zero attached hydrogens (tertiary/aromatic N) is 2. The predicted octanol–water partition coefficient (Wildman–Crippen LogP) is -0.532. The van der Waals surface area contributed by atoms with Crippen LogP contribution in [0, 0.1) is 0 Å². The van der Waals surface area contributed by atoms with E-state index in [-0.39, 0.29) is 11.6 Å². The molecule has 1 atom stereocenters. The normalized spacial score (nSPS) is 12.6. The van der Waals surface area contributed by atoms with Gasteiger partial charge < -0.3 is 21.4 Å². The number of imidazole rings is 2. The summed E-state index contributed by atoms with van der Waals surface area (Å²) in [5, 5.41) is 0. The molecule has 2 rings (SSSR count). The molecular weight excluding hydrogens is 208 g/mol. The number of rotatable bonds is 4. The first-order chi connectivity index (χ1) is 7.66. The van der Waals surface area contributed by atoms with Crippen LogP contribution < -0.4 is 11.5 Å². The number of hydrogen-bond donors (Lipinski definition) is 4. The maximum absolute atomic E-state index is 11.8. The summed E-state index contributed by atoms with van der Waals surface area (Å²) in [6.07, 6.45) is 4.94. The van der Waals surface area contributed by atoms with E-state index in [0.29, 0.717) is 12.2 Å². The van der Waals surface area contributed by atoms with Crippen molar-refractivity contribution in [2.75, 3.05) is 5.73 Å². The summed E-state index contributed by atoms with van der Waals surface area (Å²) < 4.78 is 0. The third-order valence-corrected chi connectivity index (χ3v) is 2.16. The maximum atomic E-state index is 11.8. The lowest BCUT2D eigenvalue weighted by atomic mass is 10.1. The Balaban J connectivity index is 2.05. The molecule has 0 spiro atoms. The fourth-order valence-corrected chi connectivity index (χ4v) is 1.36. The molecule has 6 N–H and O–H groups in total. The number of carbonyl (C=O) groups is 1. The molecular formula is C9H12N6O. The maximum Gasteiger partial charge on any atom is 0.215 e. The minimum Gasteiger partial charge on any atom is -0.384 e. The van der Waals surface area contributed by atoms with Crippen molar-refractivity contribution >= 4 is 11.6 Å². The van der Waals surface area contributed by atoms with Crippen LogP contribution in [-0.4, -0.2) is 31.8 Å². The van der Waals surface area contributed by atoms with Gasteiger partial charge in [0, 0.05) is 18.3 Å². The van der Waals surface area contributed by atoms with Gasteiger partial charge in [0.1, 0.15) is 5.82 Å². The summed E-state index contributed by atoms with van der Waals surface area (Å²) in [6.45, 7) is 0. The molecule has 0 aliphatic heterocycles. The number of carbonyl (C=O) groups excluding carboxylic acids is 1. The molecule has 0 saturated carbocycles. The minimum absolute atomic E-state index is 0.185. The van der Waals surface area contributed by atoms with Gasteiger partial charge in [0.15, 0.2) is 5.82 Å². The summed E-state index contributed by atoms with van der Waals surface area (Å²) in [5.41, 5.74) is 12.0. The first-order valence-electron chi connectivity index (χ1n) is 4.74. The lowest BCUT2D eigenvalue weighted by molar-refractivity contribution is 0.0951. The average molecular weight is 220 g/mol. The number of aromatic nitrogens is 4. The Hall–Kier alpha value is -2.15. The van der Waals surface area contributed by atoms with Gasteiger partial charge in [0.25, 0.3) is 0 Å². The molecule has 7 nitrogen and oxygen atoms in total. The molecule has 0 saturated heterocycles. The zero-order chi connectivity index (χ0) is 11.5. The Labute approximate surface area is 91.3 Å². The van der Waals surface area contributed by atoms with Crippen molar-refractivity contribution in [1.82, 2.24) is 19.9 Å². The average Bonchev–Trinajstić information content (AvgIpc) is 2.88. The molecule has 0 amide bonds. The molecule has 0 aliphatic carbocycles. The fourth-order valence-electron chi connectivity index (χ4n) is 1.36. The summed E-state index contributed by atoms with van der Waals surface area (Å²) in [6, 6.07) is -0.661. The number of ketones is 1. The number of nitrogen functional groups attached to an aromatic ring is 1. The highest BCUT2D eigenvalue weighted by atomic mass is 16.1. The van der Waals surface area contributed by atoms with Crippen LogP contribution in [0.3, 0.4) is 0 Å². The summed E-state index contributed by atoms with van der Waals surface area (Å²) in [7, 11) is 0. The van der Waals surface area contributed by atoms with Gasteiger partial charge in [-0.2, -0.15) is 0 Å². The Bertz CT molecular complexity index is 474. The molecule has 0 radical (unpaired) electrons. The SMILES string of the molecule is Nc1cnc(C(=O)[C@@H](N)Cc2cnc[nH]2)[nH]1. The van der Waals surface area contributed by atoms with Crippen LogP contribution in [0.25, 0.3) is 0 Å². The largest absolute Gasteiger partial charge is 0.384 e. The van der Waals surface area contributed by atoms with E-state index in [1.165, 1.54) is 12.5 Å². The van der Waals surface area contributed by atoms with Gasteiger partial charge in [-0.15, -0.1) is 0 Å². The van der Waals surface area contributed by atoms with E-state index in [4.69, 9.17) is 11.5 Å². The lowest BCUT2D eigenvalue weighted by Gasteiger charge is -2.06. The van der Waals surface area contributed by atoms with E-state index >= 15 is 0 Å². The van der Waals surface area contributed by atoms with Gasteiger partial charge in [-0.1, -0.05) is 0 Å². The molecule has 2 aromatic rings. The highest BCUT2D eigenvalue weighted by Gasteiger charge is 2.19. The summed E-state index contributed by atoms with van der Waals surface area (Å²) in [5.74, 6) is 0.257. The number of hydrogen-bond acceptors (Lipinski definition) is 5. The van der Waals surface area contributed by atoms with Crippen LogP contribution in [-0.2, 0) is 6.42 Å². The number of anilines is 1. The van der Waals surface area contributed by atoms with E-state index in [2.05, 4.69) is 19.9 Å². The summed E-state index contributed by atoms with van der Waals surface area (Å²) in [4.78, 5) is 25.0. The van der Waals surface area contributed by atoms with Crippen LogP contribution in [0.5, 0.6) is 0 Å². The molecule has 0 aliphatic rings. The third-order valence-electron chi connectivity index (χ3n) is 2.16. The van der Waals surface area contributed by atoms with Gasteiger partial charge in [-0.3, -0.25) is 4.79 Å². The van der Waals surface area contributed by atoms with Gasteiger partial charge in [-0.05, 0) is 0 Å². The monoisotopic (exact) mass is 220 g/mol. The molecule has 2 aromatic heterocycles. The molecule has 7 heteroatoms. The first-order valence-corrected chi connectivity index (χ1v) is 4.74. The molecule has 16 heavy (non-hydrogen) atoms. The molecule has 0 fully saturated rings. The van der Waals surface area contributed by atoms with Crippen molar-refractivity contribution in [3.63, 3.8) is 0 Å². The Morgan fingerprint density at radius 2 is 2.31 bits per heavy atom. The zero-order valence-electron chi connectivity index (χ0n) is 8.47. The van der Waals surface area contributed by atoms with Crippen molar-refractivity contribution in [2.24, 2.45) is 5.73 Å². The smallest absolute Gasteiger partial charge is 0.215 e. The van der Waals surface area contributed by atoms with Crippen molar-refractivity contribution in [3.05, 3.63) is 30.2 Å². The molecule has 0 unspecified atom stereocenters. The highest BCUT2D eigenvalue weighted by molar-refractivity contribution is 5.97. The van der Waals surface area contributed by atoms with Crippen molar-refractivity contribution in [3.8, 4) is 0 Å². The van der Waals surface area contributed by atoms with Crippen LogP contribution in [0.1, 0.15) is 16.3 Å². The van der Waals surface area contributed by atoms with E-state index in [0.717, 1.165) is 5.69 Å². The van der Waals surface area contributed by atoms with Crippen molar-refractivity contribution in [1.29, 1.82) is 0 Å². The predicted molar refractivity (Wildman–Crippen MR) is 57.6 cm³/mol. The number of Topliss-reactive ketones (excluding diaryl/α,β-unsaturated/α-hetero) is 1. The Morgan fingerprint density at radius 3 is 2.88 bits per heavy atom. The molecule has 0 bridgehead atoms. The minimum atomic E-state index is -0.661.